The van der Waals surface area contributed by atoms with Gasteiger partial charge in [0.1, 0.15) is 13.3 Å². The third-order valence-corrected chi connectivity index (χ3v) is 2.03. The minimum Gasteiger partial charge on any atom is -0.476 e. The van der Waals surface area contributed by atoms with Gasteiger partial charge in [-0.15, -0.1) is 0 Å². The van der Waals surface area contributed by atoms with Gasteiger partial charge >= 0.3 is 0 Å². The normalized spacial score (nSPS) is 20.8. The van der Waals surface area contributed by atoms with Crippen LogP contribution in [0.3, 0.4) is 0 Å². The first-order valence-corrected chi connectivity index (χ1v) is 4.34. The van der Waals surface area contributed by atoms with E-state index in [9.17, 15) is 4.39 Å². The fourth-order valence-electron chi connectivity index (χ4n) is 1.41. The monoisotopic (exact) mass is 185 g/mol. The maximum absolute atomic E-state index is 11.9. The van der Waals surface area contributed by atoms with Gasteiger partial charge in [0.2, 0.25) is 5.88 Å². The number of ether oxygens (including phenoxy) is 1. The molecule has 1 N–H and O–H groups in total. The Balaban J connectivity index is 1.93. The van der Waals surface area contributed by atoms with Crippen LogP contribution in [-0.2, 0) is 6.54 Å². The highest BCUT2D eigenvalue weighted by Crippen LogP contribution is 2.14. The second-order valence-electron chi connectivity index (χ2n) is 3.00. The molecule has 0 aromatic carbocycles. The highest BCUT2D eigenvalue weighted by Gasteiger charge is 2.18. The van der Waals surface area contributed by atoms with E-state index in [1.807, 2.05) is 6.07 Å². The SMILES string of the molecule is FCCNC1COc2ccnn2C1. The molecule has 1 aliphatic rings. The fraction of sp³-hybridized carbons (Fsp3) is 0.625. The molecule has 0 bridgehead atoms. The Bertz CT molecular complexity index is 276. The second-order valence-corrected chi connectivity index (χ2v) is 3.00. The van der Waals surface area contributed by atoms with Gasteiger partial charge in [-0.2, -0.15) is 5.10 Å². The fourth-order valence-corrected chi connectivity index (χ4v) is 1.41. The maximum atomic E-state index is 11.9. The summed E-state index contributed by atoms with van der Waals surface area (Å²) in [7, 11) is 0. The second kappa shape index (κ2) is 3.74. The molecular weight excluding hydrogens is 173 g/mol. The minimum absolute atomic E-state index is 0.170. The molecule has 0 amide bonds. The van der Waals surface area contributed by atoms with Crippen LogP contribution >= 0.6 is 0 Å². The Labute approximate surface area is 75.7 Å². The van der Waals surface area contributed by atoms with Gasteiger partial charge in [-0.1, -0.05) is 0 Å². The van der Waals surface area contributed by atoms with Crippen molar-refractivity contribution in [2.75, 3.05) is 19.8 Å². The lowest BCUT2D eigenvalue weighted by Crippen LogP contribution is -2.42. The van der Waals surface area contributed by atoms with Gasteiger partial charge in [0.25, 0.3) is 0 Å². The van der Waals surface area contributed by atoms with Crippen LogP contribution in [0, 0.1) is 0 Å². The van der Waals surface area contributed by atoms with Gasteiger partial charge in [-0.3, -0.25) is 0 Å². The predicted octanol–water partition coefficient (Wildman–Crippen LogP) is 0.203. The number of halogens is 1. The molecular formula is C8H12FN3O. The van der Waals surface area contributed by atoms with Gasteiger partial charge in [0.15, 0.2) is 0 Å². The van der Waals surface area contributed by atoms with Crippen LogP contribution in [0.2, 0.25) is 0 Å². The van der Waals surface area contributed by atoms with E-state index in [4.69, 9.17) is 4.74 Å². The summed E-state index contributed by atoms with van der Waals surface area (Å²) in [5, 5.41) is 7.11. The van der Waals surface area contributed by atoms with Gasteiger partial charge < -0.3 is 10.1 Å². The number of nitrogens with zero attached hydrogens (tertiary/aromatic N) is 2. The molecule has 72 valence electrons. The molecule has 1 unspecified atom stereocenters. The van der Waals surface area contributed by atoms with E-state index < -0.39 is 0 Å². The summed E-state index contributed by atoms with van der Waals surface area (Å²) in [6, 6.07) is 1.99. The minimum atomic E-state index is -0.345. The van der Waals surface area contributed by atoms with E-state index in [0.717, 1.165) is 12.4 Å². The third-order valence-electron chi connectivity index (χ3n) is 2.03. The standard InChI is InChI=1S/C8H12FN3O/c9-2-4-10-7-5-12-8(13-6-7)1-3-11-12/h1,3,7,10H,2,4-6H2. The van der Waals surface area contributed by atoms with Crippen molar-refractivity contribution in [3.8, 4) is 5.88 Å². The molecule has 1 atom stereocenters. The van der Waals surface area contributed by atoms with Crippen molar-refractivity contribution < 1.29 is 9.13 Å². The van der Waals surface area contributed by atoms with Crippen LogP contribution in [0.4, 0.5) is 4.39 Å². The van der Waals surface area contributed by atoms with E-state index in [2.05, 4.69) is 10.4 Å². The van der Waals surface area contributed by atoms with E-state index >= 15 is 0 Å². The highest BCUT2D eigenvalue weighted by atomic mass is 19.1. The Hall–Kier alpha value is -1.10. The van der Waals surface area contributed by atoms with Crippen molar-refractivity contribution in [1.29, 1.82) is 0 Å². The van der Waals surface area contributed by atoms with Gasteiger partial charge in [-0.05, 0) is 0 Å². The number of fused-ring (bicyclic) bond motifs is 1. The van der Waals surface area contributed by atoms with Crippen LogP contribution in [0.1, 0.15) is 0 Å². The lowest BCUT2D eigenvalue weighted by molar-refractivity contribution is 0.182. The molecule has 0 radical (unpaired) electrons. The number of hydrogen-bond donors (Lipinski definition) is 1. The molecule has 0 saturated carbocycles. The summed E-state index contributed by atoms with van der Waals surface area (Å²) in [6.45, 7) is 1.38. The van der Waals surface area contributed by atoms with Gasteiger partial charge in [0.05, 0.1) is 18.8 Å². The van der Waals surface area contributed by atoms with Crippen LogP contribution in [-0.4, -0.2) is 35.6 Å². The molecule has 2 heterocycles. The number of aromatic nitrogens is 2. The zero-order valence-corrected chi connectivity index (χ0v) is 7.24. The van der Waals surface area contributed by atoms with Crippen LogP contribution < -0.4 is 10.1 Å². The Morgan fingerprint density at radius 2 is 2.69 bits per heavy atom. The molecule has 4 nitrogen and oxygen atoms in total. The molecule has 0 fully saturated rings. The quantitative estimate of drug-likeness (QED) is 0.731. The lowest BCUT2D eigenvalue weighted by Gasteiger charge is -2.24. The predicted molar refractivity (Wildman–Crippen MR) is 45.5 cm³/mol. The first-order valence-electron chi connectivity index (χ1n) is 4.34. The topological polar surface area (TPSA) is 39.1 Å². The van der Waals surface area contributed by atoms with E-state index in [1.165, 1.54) is 0 Å². The smallest absolute Gasteiger partial charge is 0.211 e. The van der Waals surface area contributed by atoms with Crippen LogP contribution in [0.15, 0.2) is 12.3 Å². The molecule has 1 aromatic rings. The van der Waals surface area contributed by atoms with Crippen molar-refractivity contribution in [1.82, 2.24) is 15.1 Å². The van der Waals surface area contributed by atoms with Gasteiger partial charge in [0, 0.05) is 12.6 Å². The van der Waals surface area contributed by atoms with Gasteiger partial charge in [-0.25, -0.2) is 9.07 Å². The molecule has 5 heteroatoms. The Morgan fingerprint density at radius 1 is 1.77 bits per heavy atom. The van der Waals surface area contributed by atoms with Crippen molar-refractivity contribution in [2.45, 2.75) is 12.6 Å². The molecule has 0 spiro atoms. The summed E-state index contributed by atoms with van der Waals surface area (Å²) in [5.74, 6) is 0.790. The largest absolute Gasteiger partial charge is 0.476 e. The first-order chi connectivity index (χ1) is 6.40. The zero-order chi connectivity index (χ0) is 9.10. The van der Waals surface area contributed by atoms with Crippen molar-refractivity contribution in [3.63, 3.8) is 0 Å². The third kappa shape index (κ3) is 1.80. The maximum Gasteiger partial charge on any atom is 0.211 e. The number of nitrogens with one attached hydrogen (secondary N) is 1. The number of rotatable bonds is 3. The van der Waals surface area contributed by atoms with Crippen molar-refractivity contribution in [3.05, 3.63) is 12.3 Å². The summed E-state index contributed by atoms with van der Waals surface area (Å²) < 4.78 is 19.0. The van der Waals surface area contributed by atoms with Crippen LogP contribution in [0.5, 0.6) is 5.88 Å². The lowest BCUT2D eigenvalue weighted by atomic mass is 10.3. The summed E-state index contributed by atoms with van der Waals surface area (Å²) in [5.41, 5.74) is 0. The Morgan fingerprint density at radius 3 is 3.54 bits per heavy atom. The summed E-state index contributed by atoms with van der Waals surface area (Å²) in [6.07, 6.45) is 1.70. The van der Waals surface area contributed by atoms with Crippen molar-refractivity contribution >= 4 is 0 Å². The molecule has 1 aromatic heterocycles. The molecule has 2 rings (SSSR count). The number of alkyl halides is 1. The average Bonchev–Trinajstić information content (AvgIpc) is 2.61. The van der Waals surface area contributed by atoms with E-state index in [-0.39, 0.29) is 12.7 Å². The molecule has 0 aliphatic carbocycles. The summed E-state index contributed by atoms with van der Waals surface area (Å²) in [4.78, 5) is 0. The molecule has 0 saturated heterocycles. The van der Waals surface area contributed by atoms with E-state index in [0.29, 0.717) is 13.2 Å². The summed E-state index contributed by atoms with van der Waals surface area (Å²) >= 11 is 0. The van der Waals surface area contributed by atoms with Crippen LogP contribution in [0.25, 0.3) is 0 Å². The van der Waals surface area contributed by atoms with Crippen molar-refractivity contribution in [2.24, 2.45) is 0 Å². The Kier molecular flexibility index (Phi) is 2.44. The zero-order valence-electron chi connectivity index (χ0n) is 7.24. The number of hydrogen-bond acceptors (Lipinski definition) is 3. The van der Waals surface area contributed by atoms with E-state index in [1.54, 1.807) is 10.9 Å². The average molecular weight is 185 g/mol. The molecule has 13 heavy (non-hydrogen) atoms. The first kappa shape index (κ1) is 8.50. The molecule has 1 aliphatic heterocycles. The highest BCUT2D eigenvalue weighted by molar-refractivity contribution is 5.09.